The van der Waals surface area contributed by atoms with Crippen molar-refractivity contribution in [1.82, 2.24) is 9.88 Å². The predicted octanol–water partition coefficient (Wildman–Crippen LogP) is 5.21. The van der Waals surface area contributed by atoms with Crippen LogP contribution in [0.15, 0.2) is 82.8 Å². The van der Waals surface area contributed by atoms with Gasteiger partial charge in [0.05, 0.1) is 23.6 Å². The van der Waals surface area contributed by atoms with Gasteiger partial charge in [-0.15, -0.1) is 0 Å². The van der Waals surface area contributed by atoms with E-state index in [9.17, 15) is 9.59 Å². The minimum atomic E-state index is -0.665. The molecule has 5 rings (SSSR count). The molecule has 182 valence electrons. The number of aryl methyl sites for hydroxylation is 1. The quantitative estimate of drug-likeness (QED) is 0.321. The lowest BCUT2D eigenvalue weighted by molar-refractivity contribution is 0.0714. The van der Waals surface area contributed by atoms with Crippen molar-refractivity contribution in [2.45, 2.75) is 26.4 Å². The van der Waals surface area contributed by atoms with Crippen LogP contribution in [-0.4, -0.2) is 29.0 Å². The van der Waals surface area contributed by atoms with Gasteiger partial charge in [-0.05, 0) is 55.3 Å². The van der Waals surface area contributed by atoms with Crippen LogP contribution in [0.4, 0.5) is 0 Å². The van der Waals surface area contributed by atoms with Crippen molar-refractivity contribution < 1.29 is 18.7 Å². The zero-order chi connectivity index (χ0) is 25.2. The number of carbonyl (C=O) groups excluding carboxylic acids is 1. The smallest absolute Gasteiger partial charge is 0.291 e. The van der Waals surface area contributed by atoms with E-state index in [1.54, 1.807) is 41.6 Å². The van der Waals surface area contributed by atoms with Crippen LogP contribution in [-0.2, 0) is 6.54 Å². The molecule has 7 heteroatoms. The van der Waals surface area contributed by atoms with Crippen LogP contribution >= 0.6 is 0 Å². The Morgan fingerprint density at radius 1 is 1.11 bits per heavy atom. The van der Waals surface area contributed by atoms with Gasteiger partial charge in [-0.2, -0.15) is 0 Å². The van der Waals surface area contributed by atoms with E-state index in [1.807, 2.05) is 44.2 Å². The Morgan fingerprint density at radius 3 is 2.72 bits per heavy atom. The summed E-state index contributed by atoms with van der Waals surface area (Å²) in [5.41, 5.74) is 3.00. The molecule has 0 aliphatic carbocycles. The molecule has 1 amide bonds. The van der Waals surface area contributed by atoms with Gasteiger partial charge in [-0.25, -0.2) is 0 Å². The van der Waals surface area contributed by atoms with Crippen molar-refractivity contribution in [3.63, 3.8) is 0 Å². The van der Waals surface area contributed by atoms with Gasteiger partial charge >= 0.3 is 0 Å². The summed E-state index contributed by atoms with van der Waals surface area (Å²) in [4.78, 5) is 33.3. The second-order valence-corrected chi connectivity index (χ2v) is 8.61. The topological polar surface area (TPSA) is 81.9 Å². The lowest BCUT2D eigenvalue weighted by Gasteiger charge is -2.26. The van der Waals surface area contributed by atoms with E-state index in [-0.39, 0.29) is 23.6 Å². The third kappa shape index (κ3) is 4.13. The standard InChI is InChI=1S/C29H26N2O5/c1-4-13-35-23-11-9-20(15-24(23)34-5-2)26-25-27(32)21-14-18(3)8-10-22(21)36-28(25)29(33)31(26)17-19-7-6-12-30-16-19/h4,6-12,14-16,26H,1,5,13,17H2,2-3H3/t26-/m1/s1. The highest BCUT2D eigenvalue weighted by Gasteiger charge is 2.43. The van der Waals surface area contributed by atoms with Crippen molar-refractivity contribution in [3.05, 3.63) is 112 Å². The predicted molar refractivity (Wildman–Crippen MR) is 136 cm³/mol. The Morgan fingerprint density at radius 2 is 1.97 bits per heavy atom. The number of fused-ring (bicyclic) bond motifs is 2. The summed E-state index contributed by atoms with van der Waals surface area (Å²) in [7, 11) is 0. The highest BCUT2D eigenvalue weighted by Crippen LogP contribution is 2.41. The van der Waals surface area contributed by atoms with Crippen LogP contribution in [0.3, 0.4) is 0 Å². The van der Waals surface area contributed by atoms with E-state index in [4.69, 9.17) is 13.9 Å². The molecule has 36 heavy (non-hydrogen) atoms. The molecule has 0 unspecified atom stereocenters. The fourth-order valence-electron chi connectivity index (χ4n) is 4.56. The molecule has 0 spiro atoms. The van der Waals surface area contributed by atoms with E-state index in [0.717, 1.165) is 16.7 Å². The van der Waals surface area contributed by atoms with Gasteiger partial charge in [-0.3, -0.25) is 14.6 Å². The third-order valence-corrected chi connectivity index (χ3v) is 6.14. The molecule has 2 aromatic heterocycles. The second kappa shape index (κ2) is 9.70. The fourth-order valence-corrected chi connectivity index (χ4v) is 4.56. The SMILES string of the molecule is C=CCOc1ccc([C@@H]2c3c(oc4ccc(C)cc4c3=O)C(=O)N2Cc2cccnc2)cc1OCC. The number of aromatic nitrogens is 1. The summed E-state index contributed by atoms with van der Waals surface area (Å²) >= 11 is 0. The van der Waals surface area contributed by atoms with Gasteiger partial charge < -0.3 is 18.8 Å². The van der Waals surface area contributed by atoms with E-state index in [2.05, 4.69) is 11.6 Å². The minimum absolute atomic E-state index is 0.0650. The second-order valence-electron chi connectivity index (χ2n) is 8.61. The summed E-state index contributed by atoms with van der Waals surface area (Å²) in [6.07, 6.45) is 5.04. The molecule has 1 atom stereocenters. The molecule has 2 aromatic carbocycles. The van der Waals surface area contributed by atoms with E-state index < -0.39 is 6.04 Å². The van der Waals surface area contributed by atoms with Gasteiger partial charge in [0.15, 0.2) is 16.9 Å². The minimum Gasteiger partial charge on any atom is -0.490 e. The van der Waals surface area contributed by atoms with E-state index in [1.165, 1.54) is 0 Å². The van der Waals surface area contributed by atoms with Crippen LogP contribution in [0.2, 0.25) is 0 Å². The largest absolute Gasteiger partial charge is 0.490 e. The first-order valence-electron chi connectivity index (χ1n) is 11.8. The van der Waals surface area contributed by atoms with E-state index >= 15 is 0 Å². The number of carbonyl (C=O) groups is 1. The lowest BCUT2D eigenvalue weighted by Crippen LogP contribution is -2.29. The monoisotopic (exact) mass is 482 g/mol. The molecular formula is C29H26N2O5. The number of hydrogen-bond acceptors (Lipinski definition) is 6. The molecule has 0 N–H and O–H groups in total. The molecule has 1 aliphatic rings. The maximum atomic E-state index is 13.8. The number of benzene rings is 2. The highest BCUT2D eigenvalue weighted by molar-refractivity contribution is 5.99. The number of amides is 1. The van der Waals surface area contributed by atoms with Crippen LogP contribution < -0.4 is 14.9 Å². The Labute approximate surface area is 208 Å². The van der Waals surface area contributed by atoms with Crippen molar-refractivity contribution in [2.75, 3.05) is 13.2 Å². The molecule has 0 saturated carbocycles. The molecule has 3 heterocycles. The van der Waals surface area contributed by atoms with Crippen LogP contribution in [0.5, 0.6) is 11.5 Å². The Hall–Kier alpha value is -4.39. The summed E-state index contributed by atoms with van der Waals surface area (Å²) in [5.74, 6) is 0.809. The normalized spacial score (nSPS) is 14.7. The molecular weight excluding hydrogens is 456 g/mol. The molecule has 0 bridgehead atoms. The van der Waals surface area contributed by atoms with Gasteiger partial charge in [0.2, 0.25) is 5.76 Å². The van der Waals surface area contributed by atoms with Crippen molar-refractivity contribution in [2.24, 2.45) is 0 Å². The van der Waals surface area contributed by atoms with Gasteiger partial charge in [-0.1, -0.05) is 36.4 Å². The average molecular weight is 483 g/mol. The number of ether oxygens (including phenoxy) is 2. The molecule has 0 fully saturated rings. The van der Waals surface area contributed by atoms with Crippen molar-refractivity contribution in [1.29, 1.82) is 0 Å². The maximum Gasteiger partial charge on any atom is 0.291 e. The number of nitrogens with zero attached hydrogens (tertiary/aromatic N) is 2. The van der Waals surface area contributed by atoms with Crippen molar-refractivity contribution >= 4 is 16.9 Å². The van der Waals surface area contributed by atoms with E-state index in [0.29, 0.717) is 41.2 Å². The van der Waals surface area contributed by atoms with Gasteiger partial charge in [0.25, 0.3) is 5.91 Å². The van der Waals surface area contributed by atoms with Crippen molar-refractivity contribution in [3.8, 4) is 11.5 Å². The molecule has 0 saturated heterocycles. The van der Waals surface area contributed by atoms with Gasteiger partial charge in [0.1, 0.15) is 12.2 Å². The summed E-state index contributed by atoms with van der Waals surface area (Å²) in [5, 5.41) is 0.450. The average Bonchev–Trinajstić information content (AvgIpc) is 3.16. The number of rotatable bonds is 8. The van der Waals surface area contributed by atoms with Crippen LogP contribution in [0, 0.1) is 6.92 Å². The number of pyridine rings is 1. The third-order valence-electron chi connectivity index (χ3n) is 6.14. The zero-order valence-electron chi connectivity index (χ0n) is 20.2. The number of hydrogen-bond donors (Lipinski definition) is 0. The Balaban J connectivity index is 1.70. The molecule has 0 radical (unpaired) electrons. The fraction of sp³-hybridized carbons (Fsp3) is 0.207. The molecule has 4 aromatic rings. The Kier molecular flexibility index (Phi) is 6.29. The summed E-state index contributed by atoms with van der Waals surface area (Å²) in [6.45, 7) is 8.51. The maximum absolute atomic E-state index is 13.8. The van der Waals surface area contributed by atoms with Crippen LogP contribution in [0.25, 0.3) is 11.0 Å². The summed E-state index contributed by atoms with van der Waals surface area (Å²) in [6, 6.07) is 13.9. The highest BCUT2D eigenvalue weighted by atomic mass is 16.5. The summed E-state index contributed by atoms with van der Waals surface area (Å²) < 4.78 is 17.6. The first kappa shape index (κ1) is 23.4. The first-order valence-corrected chi connectivity index (χ1v) is 11.8. The first-order chi connectivity index (χ1) is 17.5. The molecule has 1 aliphatic heterocycles. The zero-order valence-corrected chi connectivity index (χ0v) is 20.2. The van der Waals surface area contributed by atoms with Crippen LogP contribution in [0.1, 0.15) is 45.8 Å². The lowest BCUT2D eigenvalue weighted by atomic mass is 9.97. The Bertz CT molecular complexity index is 1510. The molecule has 7 nitrogen and oxygen atoms in total. The van der Waals surface area contributed by atoms with Gasteiger partial charge in [0, 0.05) is 18.9 Å².